The van der Waals surface area contributed by atoms with Crippen LogP contribution >= 0.6 is 0 Å². The van der Waals surface area contributed by atoms with E-state index in [0.717, 1.165) is 11.0 Å². The number of rotatable bonds is 3. The topological polar surface area (TPSA) is 124 Å². The third-order valence-corrected chi connectivity index (χ3v) is 2.06. The second-order valence-electron chi connectivity index (χ2n) is 3.41. The van der Waals surface area contributed by atoms with Crippen LogP contribution in [0.2, 0.25) is 0 Å². The normalized spacial score (nSPS) is 10.3. The van der Waals surface area contributed by atoms with Gasteiger partial charge in [-0.1, -0.05) is 4.98 Å². The van der Waals surface area contributed by atoms with Crippen LogP contribution in [0, 0.1) is 17.0 Å². The molecule has 0 spiro atoms. The maximum absolute atomic E-state index is 10.9. The summed E-state index contributed by atoms with van der Waals surface area (Å²) in [4.78, 5) is 28.1. The van der Waals surface area contributed by atoms with Gasteiger partial charge in [-0.25, -0.2) is 9.78 Å². The standard InChI is InChI=1S/C9H7N5O4/c1-5-2-6(8(15)16)3-7(11-5)13-4-10-9(12-13)14(17)18/h2-4H,1H3,(H,15,16). The number of carbonyl (C=O) groups is 1. The third kappa shape index (κ3) is 2.14. The second-order valence-corrected chi connectivity index (χ2v) is 3.41. The number of aromatic nitrogens is 4. The van der Waals surface area contributed by atoms with Crippen molar-refractivity contribution in [2.24, 2.45) is 0 Å². The summed E-state index contributed by atoms with van der Waals surface area (Å²) in [5.74, 6) is -1.53. The minimum absolute atomic E-state index is 0.0238. The third-order valence-electron chi connectivity index (χ3n) is 2.06. The molecule has 0 aliphatic carbocycles. The van der Waals surface area contributed by atoms with E-state index in [9.17, 15) is 14.9 Å². The zero-order valence-corrected chi connectivity index (χ0v) is 9.14. The summed E-state index contributed by atoms with van der Waals surface area (Å²) in [5, 5.41) is 22.9. The molecule has 2 rings (SSSR count). The molecule has 0 saturated carbocycles. The van der Waals surface area contributed by atoms with Crippen molar-refractivity contribution in [3.05, 3.63) is 39.8 Å². The monoisotopic (exact) mass is 249 g/mol. The van der Waals surface area contributed by atoms with Crippen LogP contribution in [0.3, 0.4) is 0 Å². The number of carboxylic acid groups (broad SMARTS) is 1. The van der Waals surface area contributed by atoms with Gasteiger partial charge in [0.25, 0.3) is 0 Å². The molecule has 1 N–H and O–H groups in total. The van der Waals surface area contributed by atoms with Crippen molar-refractivity contribution in [1.29, 1.82) is 0 Å². The van der Waals surface area contributed by atoms with Crippen LogP contribution in [-0.4, -0.2) is 35.7 Å². The fourth-order valence-corrected chi connectivity index (χ4v) is 1.34. The van der Waals surface area contributed by atoms with Gasteiger partial charge in [-0.15, -0.1) is 4.68 Å². The summed E-state index contributed by atoms with van der Waals surface area (Å²) in [5.41, 5.74) is 0.485. The molecule has 2 aromatic rings. The fourth-order valence-electron chi connectivity index (χ4n) is 1.34. The number of pyridine rings is 1. The molecule has 2 heterocycles. The van der Waals surface area contributed by atoms with Gasteiger partial charge >= 0.3 is 11.9 Å². The SMILES string of the molecule is Cc1cc(C(=O)O)cc(-n2cnc([N+](=O)[O-])n2)n1. The molecule has 0 aliphatic heterocycles. The van der Waals surface area contributed by atoms with E-state index in [-0.39, 0.29) is 11.4 Å². The summed E-state index contributed by atoms with van der Waals surface area (Å²) < 4.78 is 1.05. The quantitative estimate of drug-likeness (QED) is 0.622. The maximum Gasteiger partial charge on any atom is 0.491 e. The molecule has 0 fully saturated rings. The summed E-state index contributed by atoms with van der Waals surface area (Å²) in [6.07, 6.45) is 1.10. The van der Waals surface area contributed by atoms with Gasteiger partial charge in [-0.3, -0.25) is 0 Å². The summed E-state index contributed by atoms with van der Waals surface area (Å²) >= 11 is 0. The van der Waals surface area contributed by atoms with E-state index in [2.05, 4.69) is 15.1 Å². The van der Waals surface area contributed by atoms with Gasteiger partial charge in [-0.2, -0.15) is 0 Å². The first kappa shape index (κ1) is 11.6. The van der Waals surface area contributed by atoms with E-state index in [1.165, 1.54) is 12.1 Å². The van der Waals surface area contributed by atoms with E-state index in [4.69, 9.17) is 5.11 Å². The molecule has 0 amide bonds. The van der Waals surface area contributed by atoms with E-state index < -0.39 is 16.8 Å². The number of nitro groups is 1. The lowest BCUT2D eigenvalue weighted by molar-refractivity contribution is -0.394. The average Bonchev–Trinajstić information content (AvgIpc) is 2.77. The number of aryl methyl sites for hydroxylation is 1. The van der Waals surface area contributed by atoms with Gasteiger partial charge in [-0.05, 0) is 24.0 Å². The maximum atomic E-state index is 10.9. The molecule has 18 heavy (non-hydrogen) atoms. The Hall–Kier alpha value is -2.84. The Bertz CT molecular complexity index is 636. The molecule has 0 radical (unpaired) electrons. The Morgan fingerprint density at radius 3 is 2.78 bits per heavy atom. The molecular weight excluding hydrogens is 242 g/mol. The molecule has 0 aromatic carbocycles. The van der Waals surface area contributed by atoms with Crippen LogP contribution in [-0.2, 0) is 0 Å². The highest BCUT2D eigenvalue weighted by Crippen LogP contribution is 2.11. The van der Waals surface area contributed by atoms with Gasteiger partial charge in [0.1, 0.15) is 0 Å². The lowest BCUT2D eigenvalue weighted by atomic mass is 10.2. The molecule has 0 bridgehead atoms. The zero-order valence-electron chi connectivity index (χ0n) is 9.14. The minimum Gasteiger partial charge on any atom is -0.478 e. The predicted octanol–water partition coefficient (Wildman–Crippen LogP) is 0.577. The first-order valence-corrected chi connectivity index (χ1v) is 4.76. The first-order valence-electron chi connectivity index (χ1n) is 4.76. The largest absolute Gasteiger partial charge is 0.491 e. The molecule has 92 valence electrons. The Labute approximate surface area is 99.9 Å². The lowest BCUT2D eigenvalue weighted by Gasteiger charge is -2.00. The van der Waals surface area contributed by atoms with Crippen molar-refractivity contribution < 1.29 is 14.8 Å². The number of hydrogen-bond acceptors (Lipinski definition) is 6. The summed E-state index contributed by atoms with van der Waals surface area (Å²) in [6, 6.07) is 2.64. The molecular formula is C9H7N5O4. The molecule has 0 unspecified atom stereocenters. The average molecular weight is 249 g/mol. The summed E-state index contributed by atoms with van der Waals surface area (Å²) in [7, 11) is 0. The molecule has 0 saturated heterocycles. The highest BCUT2D eigenvalue weighted by Gasteiger charge is 2.16. The smallest absolute Gasteiger partial charge is 0.478 e. The molecule has 9 heteroatoms. The van der Waals surface area contributed by atoms with E-state index >= 15 is 0 Å². The van der Waals surface area contributed by atoms with Crippen molar-refractivity contribution in [1.82, 2.24) is 19.7 Å². The second kappa shape index (κ2) is 4.20. The van der Waals surface area contributed by atoms with Crippen LogP contribution in [0.5, 0.6) is 0 Å². The number of hydrogen-bond donors (Lipinski definition) is 1. The van der Waals surface area contributed by atoms with Crippen LogP contribution in [0.1, 0.15) is 16.1 Å². The number of carboxylic acids is 1. The Kier molecular flexibility index (Phi) is 2.72. The van der Waals surface area contributed by atoms with Crippen molar-refractivity contribution in [2.45, 2.75) is 6.92 Å². The summed E-state index contributed by atoms with van der Waals surface area (Å²) in [6.45, 7) is 1.61. The molecule has 0 aliphatic rings. The molecule has 2 aromatic heterocycles. The van der Waals surface area contributed by atoms with Gasteiger partial charge in [0, 0.05) is 10.8 Å². The van der Waals surface area contributed by atoms with Crippen LogP contribution in [0.15, 0.2) is 18.5 Å². The number of nitrogens with zero attached hydrogens (tertiary/aromatic N) is 5. The van der Waals surface area contributed by atoms with Crippen molar-refractivity contribution in [3.63, 3.8) is 0 Å². The Balaban J connectivity index is 2.49. The fraction of sp³-hybridized carbons (Fsp3) is 0.111. The van der Waals surface area contributed by atoms with Gasteiger partial charge < -0.3 is 15.2 Å². The highest BCUT2D eigenvalue weighted by atomic mass is 16.6. The Morgan fingerprint density at radius 1 is 1.50 bits per heavy atom. The van der Waals surface area contributed by atoms with E-state index in [1.54, 1.807) is 6.92 Å². The van der Waals surface area contributed by atoms with Gasteiger partial charge in [0.2, 0.25) is 6.33 Å². The Morgan fingerprint density at radius 2 is 2.22 bits per heavy atom. The van der Waals surface area contributed by atoms with E-state index in [0.29, 0.717) is 5.69 Å². The number of aromatic carboxylic acids is 1. The highest BCUT2D eigenvalue weighted by molar-refractivity contribution is 5.88. The molecule has 9 nitrogen and oxygen atoms in total. The zero-order chi connectivity index (χ0) is 13.3. The van der Waals surface area contributed by atoms with Gasteiger partial charge in [0.15, 0.2) is 5.82 Å². The van der Waals surface area contributed by atoms with E-state index in [1.807, 2.05) is 0 Å². The minimum atomic E-state index is -1.11. The van der Waals surface area contributed by atoms with Gasteiger partial charge in [0.05, 0.1) is 5.56 Å². The predicted molar refractivity (Wildman–Crippen MR) is 57.5 cm³/mol. The lowest BCUT2D eigenvalue weighted by Crippen LogP contribution is -2.05. The van der Waals surface area contributed by atoms with Crippen molar-refractivity contribution in [2.75, 3.05) is 0 Å². The molecule has 0 atom stereocenters. The van der Waals surface area contributed by atoms with Crippen molar-refractivity contribution in [3.8, 4) is 5.82 Å². The first-order chi connectivity index (χ1) is 8.47. The van der Waals surface area contributed by atoms with Crippen LogP contribution in [0.25, 0.3) is 5.82 Å². The van der Waals surface area contributed by atoms with Crippen LogP contribution in [0.4, 0.5) is 5.95 Å². The van der Waals surface area contributed by atoms with Crippen molar-refractivity contribution >= 4 is 11.9 Å². The van der Waals surface area contributed by atoms with Crippen LogP contribution < -0.4 is 0 Å².